The van der Waals surface area contributed by atoms with E-state index in [0.717, 1.165) is 11.4 Å². The molecule has 73 heavy (non-hydrogen) atoms. The number of nitrogens with zero attached hydrogens (tertiary/aromatic N) is 2. The zero-order chi connectivity index (χ0) is 50.2. The van der Waals surface area contributed by atoms with Crippen molar-refractivity contribution in [3.8, 4) is 33.4 Å². The monoisotopic (exact) mass is 990 g/mol. The molecule has 0 spiro atoms. The molecule has 12 rings (SSSR count). The minimum atomic E-state index is -2.33. The Labute approximate surface area is 434 Å². The smallest absolute Gasteiger partial charge is 0.113 e. The van der Waals surface area contributed by atoms with Gasteiger partial charge in [-0.15, -0.1) is 0 Å². The van der Waals surface area contributed by atoms with Gasteiger partial charge in [-0.1, -0.05) is 233 Å². The topological polar surface area (TPSA) is 6.48 Å². The molecule has 0 fully saturated rings. The molecule has 0 aromatic heterocycles. The van der Waals surface area contributed by atoms with Crippen LogP contribution in [0.25, 0.3) is 65.7 Å². The Morgan fingerprint density at radius 1 is 0.301 bits per heavy atom. The van der Waals surface area contributed by atoms with Crippen LogP contribution in [0.2, 0.25) is 52.4 Å². The van der Waals surface area contributed by atoms with Crippen molar-refractivity contribution in [3.63, 3.8) is 0 Å². The molecule has 11 aromatic rings. The minimum Gasteiger partial charge on any atom is -0.310 e. The van der Waals surface area contributed by atoms with Gasteiger partial charge in [0, 0.05) is 33.6 Å². The second-order valence-electron chi connectivity index (χ2n) is 22.6. The number of fused-ring (bicyclic) bond motifs is 6. The summed E-state index contributed by atoms with van der Waals surface area (Å²) in [6, 6.07) is 87.2. The predicted octanol–water partition coefficient (Wildman–Crippen LogP) is 17.3. The van der Waals surface area contributed by atoms with Gasteiger partial charge < -0.3 is 9.80 Å². The first-order valence-electron chi connectivity index (χ1n) is 25.9. The average molecular weight is 992 g/mol. The summed E-state index contributed by atoms with van der Waals surface area (Å²) in [5.41, 5.74) is 14.5. The van der Waals surface area contributed by atoms with Gasteiger partial charge in [0.1, 0.15) is 8.07 Å². The highest BCUT2D eigenvalue weighted by atomic mass is 28.3. The van der Waals surface area contributed by atoms with Gasteiger partial charge in [-0.25, -0.2) is 0 Å². The van der Waals surface area contributed by atoms with Gasteiger partial charge in [0.25, 0.3) is 0 Å². The standard InChI is InChI=1S/C68H62N2Si3/c1-71(2,3)52-39-34-49(35-40-52)69(63-31-19-17-26-54(63)47-22-11-9-12-23-47)51-38-43-58-62-45-60-56-28-15-16-29-57(56)65(46-61(60)59-30-21-33-66(68(59)62)73(7,8)67(58)44-51)70(50-36-41-53(42-37-50)72(4,5)6)64-32-20-18-27-55(64)48-24-13-10-14-25-48/h9-46H,1-8H3. The van der Waals surface area contributed by atoms with Crippen molar-refractivity contribution in [1.29, 1.82) is 0 Å². The van der Waals surface area contributed by atoms with Crippen LogP contribution in [0.15, 0.2) is 231 Å². The number of rotatable bonds is 10. The van der Waals surface area contributed by atoms with Crippen LogP contribution in [0.4, 0.5) is 34.1 Å². The van der Waals surface area contributed by atoms with Crippen molar-refractivity contribution in [2.45, 2.75) is 52.4 Å². The number of hydrogen-bond donors (Lipinski definition) is 0. The van der Waals surface area contributed by atoms with Gasteiger partial charge >= 0.3 is 0 Å². The maximum Gasteiger partial charge on any atom is 0.113 e. The zero-order valence-corrected chi connectivity index (χ0v) is 46.3. The van der Waals surface area contributed by atoms with Crippen LogP contribution in [0.3, 0.4) is 0 Å². The molecular formula is C68H62N2Si3. The lowest BCUT2D eigenvalue weighted by atomic mass is 9.89. The summed E-state index contributed by atoms with van der Waals surface area (Å²) in [5, 5.41) is 13.6. The Bertz CT molecular complexity index is 3890. The lowest BCUT2D eigenvalue weighted by Gasteiger charge is -2.36. The first kappa shape index (κ1) is 46.5. The molecule has 1 heterocycles. The van der Waals surface area contributed by atoms with Crippen molar-refractivity contribution < 1.29 is 0 Å². The van der Waals surface area contributed by atoms with E-state index in [1.807, 2.05) is 0 Å². The van der Waals surface area contributed by atoms with E-state index < -0.39 is 24.2 Å². The molecule has 0 amide bonds. The molecule has 1 aliphatic rings. The number of anilines is 6. The molecule has 0 saturated heterocycles. The lowest BCUT2D eigenvalue weighted by Crippen LogP contribution is -2.56. The van der Waals surface area contributed by atoms with Crippen molar-refractivity contribution in [2.75, 3.05) is 9.80 Å². The van der Waals surface area contributed by atoms with Crippen molar-refractivity contribution >= 4 is 111 Å². The van der Waals surface area contributed by atoms with Gasteiger partial charge in [0.15, 0.2) is 0 Å². The molecule has 356 valence electrons. The first-order chi connectivity index (χ1) is 35.3. The molecule has 0 aliphatic carbocycles. The van der Waals surface area contributed by atoms with Gasteiger partial charge in [-0.2, -0.15) is 0 Å². The largest absolute Gasteiger partial charge is 0.310 e. The highest BCUT2D eigenvalue weighted by Crippen LogP contribution is 2.49. The van der Waals surface area contributed by atoms with Crippen LogP contribution in [0.1, 0.15) is 0 Å². The fraction of sp³-hybridized carbons (Fsp3) is 0.118. The van der Waals surface area contributed by atoms with E-state index in [-0.39, 0.29) is 0 Å². The fourth-order valence-corrected chi connectivity index (χ4v) is 17.1. The Morgan fingerprint density at radius 2 is 0.767 bits per heavy atom. The van der Waals surface area contributed by atoms with E-state index in [1.165, 1.54) is 109 Å². The normalized spacial score (nSPS) is 13.0. The van der Waals surface area contributed by atoms with Crippen molar-refractivity contribution in [2.24, 2.45) is 0 Å². The molecule has 5 heteroatoms. The summed E-state index contributed by atoms with van der Waals surface area (Å²) in [4.78, 5) is 5.04. The van der Waals surface area contributed by atoms with E-state index in [0.29, 0.717) is 0 Å². The maximum atomic E-state index is 2.57. The zero-order valence-electron chi connectivity index (χ0n) is 43.3. The van der Waals surface area contributed by atoms with E-state index in [4.69, 9.17) is 0 Å². The molecule has 0 bridgehead atoms. The quantitative estimate of drug-likeness (QED) is 0.0995. The Kier molecular flexibility index (Phi) is 11.4. The van der Waals surface area contributed by atoms with Crippen molar-refractivity contribution in [3.05, 3.63) is 231 Å². The Balaban J connectivity index is 1.09. The summed E-state index contributed by atoms with van der Waals surface area (Å²) >= 11 is 0. The molecule has 0 N–H and O–H groups in total. The Morgan fingerprint density at radius 3 is 1.34 bits per heavy atom. The first-order valence-corrected chi connectivity index (χ1v) is 35.9. The van der Waals surface area contributed by atoms with Gasteiger partial charge in [-0.3, -0.25) is 0 Å². The Hall–Kier alpha value is -7.55. The molecule has 11 aromatic carbocycles. The third-order valence-corrected chi connectivity index (χ3v) is 23.2. The minimum absolute atomic E-state index is 1.16. The summed E-state index contributed by atoms with van der Waals surface area (Å²) < 4.78 is 0. The van der Waals surface area contributed by atoms with Crippen LogP contribution in [-0.2, 0) is 0 Å². The highest BCUT2D eigenvalue weighted by molar-refractivity contribution is 7.03. The third-order valence-electron chi connectivity index (χ3n) is 15.6. The molecule has 0 atom stereocenters. The predicted molar refractivity (Wildman–Crippen MR) is 327 cm³/mol. The molecule has 0 radical (unpaired) electrons. The van der Waals surface area contributed by atoms with Crippen LogP contribution in [-0.4, -0.2) is 24.2 Å². The van der Waals surface area contributed by atoms with Crippen LogP contribution in [0, 0.1) is 0 Å². The van der Waals surface area contributed by atoms with E-state index in [2.05, 4.69) is 293 Å². The molecule has 0 unspecified atom stereocenters. The van der Waals surface area contributed by atoms with E-state index >= 15 is 0 Å². The molecule has 1 aliphatic heterocycles. The summed E-state index contributed by atoms with van der Waals surface area (Å²) in [7, 11) is -5.40. The maximum absolute atomic E-state index is 2.57. The lowest BCUT2D eigenvalue weighted by molar-refractivity contribution is 1.29. The molecule has 0 saturated carbocycles. The number of benzene rings is 11. The van der Waals surface area contributed by atoms with Gasteiger partial charge in [0.05, 0.1) is 33.2 Å². The summed E-state index contributed by atoms with van der Waals surface area (Å²) in [6.45, 7) is 19.7. The van der Waals surface area contributed by atoms with E-state index in [1.54, 1.807) is 0 Å². The number of para-hydroxylation sites is 2. The summed E-state index contributed by atoms with van der Waals surface area (Å²) in [6.07, 6.45) is 0. The molecule has 2 nitrogen and oxygen atoms in total. The van der Waals surface area contributed by atoms with Gasteiger partial charge in [0.2, 0.25) is 0 Å². The third kappa shape index (κ3) is 8.07. The van der Waals surface area contributed by atoms with E-state index in [9.17, 15) is 0 Å². The number of hydrogen-bond acceptors (Lipinski definition) is 2. The van der Waals surface area contributed by atoms with Crippen molar-refractivity contribution in [1.82, 2.24) is 0 Å². The second-order valence-corrected chi connectivity index (χ2v) is 37.1. The average Bonchev–Trinajstić information content (AvgIpc) is 3.41. The van der Waals surface area contributed by atoms with Crippen LogP contribution >= 0.6 is 0 Å². The highest BCUT2D eigenvalue weighted by Gasteiger charge is 2.37. The second kappa shape index (κ2) is 17.9. The summed E-state index contributed by atoms with van der Waals surface area (Å²) in [5.74, 6) is 0. The fourth-order valence-electron chi connectivity index (χ4n) is 11.6. The SMILES string of the molecule is C[Si](C)(C)c1ccc(N(c2ccc3c(c2)[Si](C)(C)c2cccc4c2c-3cc2c3ccccc3c(N(c3ccc([Si](C)(C)C)cc3)c3ccccc3-c3ccccc3)cc42)c2ccccc2-c2ccccc2)cc1. The van der Waals surface area contributed by atoms with Crippen LogP contribution in [0.5, 0.6) is 0 Å². The van der Waals surface area contributed by atoms with Crippen LogP contribution < -0.4 is 30.5 Å². The molecular weight excluding hydrogens is 929 g/mol. The van der Waals surface area contributed by atoms with Gasteiger partial charge in [-0.05, 0) is 120 Å².